The van der Waals surface area contributed by atoms with Crippen LogP contribution in [0, 0.1) is 0 Å². The summed E-state index contributed by atoms with van der Waals surface area (Å²) in [5.41, 5.74) is 12.6. The minimum absolute atomic E-state index is 0.0541. The molecule has 0 aliphatic rings. The summed E-state index contributed by atoms with van der Waals surface area (Å²) in [6.45, 7) is 40.9. The van der Waals surface area contributed by atoms with Crippen LogP contribution in [0.3, 0.4) is 0 Å². The zero-order chi connectivity index (χ0) is 45.3. The first-order valence-electron chi connectivity index (χ1n) is 22.4. The Kier molecular flexibility index (Phi) is 9.87. The summed E-state index contributed by atoms with van der Waals surface area (Å²) < 4.78 is 14.3. The van der Waals surface area contributed by atoms with Crippen molar-refractivity contribution >= 4 is 43.9 Å². The standard InChI is InChI=1S/C57H67N3O2/c1-52(2,3)33-24-37-39-26-35(54(7,8)9)30-43(56(13,14)15)47(39)61-45(37)41(28-33)50-58-49(32-22-20-19-21-23-32)59-51(60-50)42-29-34(53(4,5)6)25-38-40-27-36(55(10,11)12)31-44(57(16,17)18)48(40)62-46(38)42/h19-31H,1-18H3. The minimum Gasteiger partial charge on any atom is -0.455 e. The highest BCUT2D eigenvalue weighted by atomic mass is 16.3. The zero-order valence-electron chi connectivity index (χ0n) is 40.7. The van der Waals surface area contributed by atoms with Crippen LogP contribution in [-0.4, -0.2) is 15.0 Å². The van der Waals surface area contributed by atoms with Gasteiger partial charge >= 0.3 is 0 Å². The van der Waals surface area contributed by atoms with Gasteiger partial charge in [0, 0.05) is 38.2 Å². The second-order valence-corrected chi connectivity index (χ2v) is 24.0. The van der Waals surface area contributed by atoms with Crippen LogP contribution >= 0.6 is 0 Å². The van der Waals surface area contributed by atoms with Gasteiger partial charge in [-0.15, -0.1) is 0 Å². The second kappa shape index (κ2) is 14.1. The van der Waals surface area contributed by atoms with E-state index >= 15 is 0 Å². The van der Waals surface area contributed by atoms with Crippen molar-refractivity contribution in [2.75, 3.05) is 0 Å². The Bertz CT molecular complexity index is 2860. The average molecular weight is 826 g/mol. The smallest absolute Gasteiger partial charge is 0.167 e. The summed E-state index contributed by atoms with van der Waals surface area (Å²) in [5, 5.41) is 4.38. The molecule has 8 aromatic rings. The molecule has 0 saturated carbocycles. The fourth-order valence-electron chi connectivity index (χ4n) is 8.47. The van der Waals surface area contributed by atoms with E-state index in [2.05, 4.69) is 185 Å². The Morgan fingerprint density at radius 1 is 0.323 bits per heavy atom. The lowest BCUT2D eigenvalue weighted by Crippen LogP contribution is -2.16. The third kappa shape index (κ3) is 7.75. The second-order valence-electron chi connectivity index (χ2n) is 24.0. The van der Waals surface area contributed by atoms with Gasteiger partial charge in [0.1, 0.15) is 22.3 Å². The third-order valence-corrected chi connectivity index (χ3v) is 12.6. The van der Waals surface area contributed by atoms with Crippen LogP contribution in [0.2, 0.25) is 0 Å². The molecular formula is C57H67N3O2. The molecular weight excluding hydrogens is 759 g/mol. The summed E-state index contributed by atoms with van der Waals surface area (Å²) >= 11 is 0. The van der Waals surface area contributed by atoms with Crippen molar-refractivity contribution in [1.29, 1.82) is 0 Å². The van der Waals surface area contributed by atoms with Gasteiger partial charge in [0.25, 0.3) is 0 Å². The lowest BCUT2D eigenvalue weighted by Gasteiger charge is -2.25. The van der Waals surface area contributed by atoms with Crippen LogP contribution in [0.25, 0.3) is 78.0 Å². The molecule has 5 nitrogen and oxygen atoms in total. The van der Waals surface area contributed by atoms with Gasteiger partial charge in [0.2, 0.25) is 0 Å². The topological polar surface area (TPSA) is 65.0 Å². The Morgan fingerprint density at radius 2 is 0.629 bits per heavy atom. The first-order chi connectivity index (χ1) is 28.5. The molecule has 62 heavy (non-hydrogen) atoms. The maximum atomic E-state index is 7.16. The van der Waals surface area contributed by atoms with E-state index in [0.29, 0.717) is 17.5 Å². The first-order valence-corrected chi connectivity index (χ1v) is 22.4. The average Bonchev–Trinajstić information content (AvgIpc) is 3.73. The van der Waals surface area contributed by atoms with Crippen LogP contribution in [-0.2, 0) is 32.5 Å². The Balaban J connectivity index is 1.52. The lowest BCUT2D eigenvalue weighted by atomic mass is 9.79. The molecule has 322 valence electrons. The molecule has 5 aromatic carbocycles. The monoisotopic (exact) mass is 826 g/mol. The van der Waals surface area contributed by atoms with Crippen molar-refractivity contribution in [3.05, 3.63) is 112 Å². The molecule has 0 spiro atoms. The van der Waals surface area contributed by atoms with Crippen LogP contribution in [0.4, 0.5) is 0 Å². The van der Waals surface area contributed by atoms with Crippen molar-refractivity contribution in [1.82, 2.24) is 15.0 Å². The molecule has 0 amide bonds. The van der Waals surface area contributed by atoms with Crippen LogP contribution in [0.5, 0.6) is 0 Å². The maximum absolute atomic E-state index is 7.16. The summed E-state index contributed by atoms with van der Waals surface area (Å²) in [7, 11) is 0. The van der Waals surface area contributed by atoms with Gasteiger partial charge in [-0.2, -0.15) is 0 Å². The van der Waals surface area contributed by atoms with Gasteiger partial charge in [0.05, 0.1) is 11.1 Å². The maximum Gasteiger partial charge on any atom is 0.167 e. The van der Waals surface area contributed by atoms with E-state index < -0.39 is 0 Å². The normalized spacial score (nSPS) is 13.6. The molecule has 3 heterocycles. The van der Waals surface area contributed by atoms with Gasteiger partial charge in [-0.25, -0.2) is 15.0 Å². The predicted molar refractivity (Wildman–Crippen MR) is 263 cm³/mol. The summed E-state index contributed by atoms with van der Waals surface area (Å²) in [4.78, 5) is 16.2. The molecule has 0 bridgehead atoms. The van der Waals surface area contributed by atoms with Crippen molar-refractivity contribution in [3.8, 4) is 34.2 Å². The van der Waals surface area contributed by atoms with Gasteiger partial charge < -0.3 is 8.83 Å². The Labute approximate surface area is 369 Å². The molecule has 0 atom stereocenters. The van der Waals surface area contributed by atoms with E-state index in [9.17, 15) is 0 Å². The molecule has 0 fully saturated rings. The highest BCUT2D eigenvalue weighted by Gasteiger charge is 2.31. The summed E-state index contributed by atoms with van der Waals surface area (Å²) in [6, 6.07) is 28.8. The molecule has 8 rings (SSSR count). The first kappa shape index (κ1) is 43.4. The van der Waals surface area contributed by atoms with E-state index in [1.807, 2.05) is 18.2 Å². The minimum atomic E-state index is -0.169. The largest absolute Gasteiger partial charge is 0.455 e. The number of furan rings is 2. The van der Waals surface area contributed by atoms with Crippen LogP contribution in [0.15, 0.2) is 87.7 Å². The van der Waals surface area contributed by atoms with Gasteiger partial charge in [-0.3, -0.25) is 0 Å². The molecule has 0 unspecified atom stereocenters. The molecule has 0 saturated heterocycles. The fraction of sp³-hybridized carbons (Fsp3) is 0.421. The van der Waals surface area contributed by atoms with E-state index in [-0.39, 0.29) is 32.5 Å². The number of nitrogens with zero attached hydrogens (tertiary/aromatic N) is 3. The van der Waals surface area contributed by atoms with Crippen molar-refractivity contribution in [2.45, 2.75) is 157 Å². The van der Waals surface area contributed by atoms with Crippen LogP contribution in [0.1, 0.15) is 158 Å². The van der Waals surface area contributed by atoms with Crippen molar-refractivity contribution in [3.63, 3.8) is 0 Å². The Hall–Kier alpha value is -5.29. The predicted octanol–water partition coefficient (Wildman–Crippen LogP) is 16.5. The highest BCUT2D eigenvalue weighted by Crippen LogP contribution is 2.47. The highest BCUT2D eigenvalue weighted by molar-refractivity contribution is 6.12. The van der Waals surface area contributed by atoms with Crippen molar-refractivity contribution < 1.29 is 8.83 Å². The van der Waals surface area contributed by atoms with Gasteiger partial charge in [-0.05, 0) is 91.1 Å². The van der Waals surface area contributed by atoms with Gasteiger partial charge in [0.15, 0.2) is 17.5 Å². The number of benzene rings is 5. The lowest BCUT2D eigenvalue weighted by molar-refractivity contribution is 0.558. The zero-order valence-corrected chi connectivity index (χ0v) is 40.7. The van der Waals surface area contributed by atoms with Crippen LogP contribution < -0.4 is 0 Å². The summed E-state index contributed by atoms with van der Waals surface area (Å²) in [6.07, 6.45) is 0. The Morgan fingerprint density at radius 3 is 0.952 bits per heavy atom. The quantitative estimate of drug-likeness (QED) is 0.178. The summed E-state index contributed by atoms with van der Waals surface area (Å²) in [5.74, 6) is 1.72. The number of hydrogen-bond acceptors (Lipinski definition) is 5. The fourth-order valence-corrected chi connectivity index (χ4v) is 8.47. The molecule has 0 N–H and O–H groups in total. The van der Waals surface area contributed by atoms with E-state index in [1.54, 1.807) is 0 Å². The molecule has 0 aliphatic carbocycles. The van der Waals surface area contributed by atoms with E-state index in [0.717, 1.165) is 60.6 Å². The van der Waals surface area contributed by atoms with E-state index in [1.165, 1.54) is 33.4 Å². The number of rotatable bonds is 3. The van der Waals surface area contributed by atoms with Gasteiger partial charge in [-0.1, -0.05) is 167 Å². The molecule has 3 aromatic heterocycles. The van der Waals surface area contributed by atoms with E-state index in [4.69, 9.17) is 23.8 Å². The molecule has 5 heteroatoms. The number of aromatic nitrogens is 3. The number of hydrogen-bond donors (Lipinski definition) is 0. The molecule has 0 aliphatic heterocycles. The SMILES string of the molecule is CC(C)(C)c1cc(-c2nc(-c3ccccc3)nc(-c3cc(C(C)(C)C)cc4c3oc3c(C(C)(C)C)cc(C(C)(C)C)cc34)n2)c2oc3c(C(C)(C)C)cc(C(C)(C)C)cc3c2c1. The number of fused-ring (bicyclic) bond motifs is 6. The molecule has 0 radical (unpaired) electrons. The third-order valence-electron chi connectivity index (χ3n) is 12.6. The van der Waals surface area contributed by atoms with Crippen molar-refractivity contribution in [2.24, 2.45) is 0 Å².